The van der Waals surface area contributed by atoms with E-state index in [1.165, 1.54) is 6.08 Å². The van der Waals surface area contributed by atoms with Crippen LogP contribution in [0.15, 0.2) is 12.2 Å². The number of allylic oxidation sites excluding steroid dienone is 1. The van der Waals surface area contributed by atoms with Gasteiger partial charge in [-0.25, -0.2) is 0 Å². The monoisotopic (exact) mass is 210 g/mol. The van der Waals surface area contributed by atoms with Gasteiger partial charge in [0.15, 0.2) is 5.78 Å². The highest BCUT2D eigenvalue weighted by Crippen LogP contribution is 2.33. The Hall–Kier alpha value is -0.960. The minimum absolute atomic E-state index is 0.176. The number of aliphatic hydroxyl groups is 1. The molecule has 0 radical (unpaired) electrons. The highest BCUT2D eigenvalue weighted by molar-refractivity contribution is 6.09. The van der Waals surface area contributed by atoms with Crippen LogP contribution in [0.3, 0.4) is 0 Å². The summed E-state index contributed by atoms with van der Waals surface area (Å²) in [4.78, 5) is 23.4. The van der Waals surface area contributed by atoms with Gasteiger partial charge in [-0.15, -0.1) is 0 Å². The van der Waals surface area contributed by atoms with Gasteiger partial charge in [0, 0.05) is 11.3 Å². The summed E-state index contributed by atoms with van der Waals surface area (Å²) >= 11 is 0. The van der Waals surface area contributed by atoms with Gasteiger partial charge in [0.1, 0.15) is 11.7 Å². The fourth-order valence-corrected chi connectivity index (χ4v) is 1.74. The van der Waals surface area contributed by atoms with E-state index in [1.54, 1.807) is 19.9 Å². The second-order valence-electron chi connectivity index (χ2n) is 5.04. The molecule has 1 rings (SSSR count). The molecule has 1 N–H and O–H groups in total. The van der Waals surface area contributed by atoms with Crippen molar-refractivity contribution in [3.8, 4) is 0 Å². The summed E-state index contributed by atoms with van der Waals surface area (Å²) in [7, 11) is 0. The van der Waals surface area contributed by atoms with Gasteiger partial charge in [0.2, 0.25) is 0 Å². The number of aliphatic hydroxyl groups excluding tert-OH is 1. The van der Waals surface area contributed by atoms with E-state index < -0.39 is 17.4 Å². The van der Waals surface area contributed by atoms with Crippen molar-refractivity contribution in [2.75, 3.05) is 0 Å². The number of Topliss-reactive ketones (excluding diaryl/α,β-unsaturated/α-hetero) is 1. The van der Waals surface area contributed by atoms with E-state index >= 15 is 0 Å². The maximum absolute atomic E-state index is 11.8. The summed E-state index contributed by atoms with van der Waals surface area (Å²) in [5.74, 6) is -1.56. The van der Waals surface area contributed by atoms with Crippen molar-refractivity contribution in [2.45, 2.75) is 33.8 Å². The number of carbonyl (C=O) groups is 2. The van der Waals surface area contributed by atoms with Crippen LogP contribution in [0.1, 0.15) is 27.7 Å². The Morgan fingerprint density at radius 2 is 2.00 bits per heavy atom. The molecule has 0 bridgehead atoms. The first kappa shape index (κ1) is 12.1. The molecule has 3 heteroatoms. The van der Waals surface area contributed by atoms with Crippen LogP contribution in [-0.4, -0.2) is 22.8 Å². The van der Waals surface area contributed by atoms with Gasteiger partial charge < -0.3 is 5.11 Å². The van der Waals surface area contributed by atoms with Gasteiger partial charge in [-0.3, -0.25) is 9.59 Å². The van der Waals surface area contributed by atoms with Crippen molar-refractivity contribution in [3.05, 3.63) is 12.2 Å². The molecule has 0 amide bonds. The van der Waals surface area contributed by atoms with Crippen molar-refractivity contribution in [1.29, 1.82) is 0 Å². The lowest BCUT2D eigenvalue weighted by molar-refractivity contribution is -0.140. The van der Waals surface area contributed by atoms with Crippen molar-refractivity contribution >= 4 is 11.6 Å². The molecule has 2 atom stereocenters. The smallest absolute Gasteiger partial charge is 0.168 e. The first-order valence-corrected chi connectivity index (χ1v) is 5.22. The van der Waals surface area contributed by atoms with E-state index in [0.29, 0.717) is 0 Å². The molecule has 0 aromatic rings. The molecule has 0 aromatic heterocycles. The van der Waals surface area contributed by atoms with Gasteiger partial charge >= 0.3 is 0 Å². The molecule has 0 saturated heterocycles. The van der Waals surface area contributed by atoms with Crippen LogP contribution in [0.5, 0.6) is 0 Å². The summed E-state index contributed by atoms with van der Waals surface area (Å²) in [6, 6.07) is 0. The van der Waals surface area contributed by atoms with Crippen LogP contribution in [-0.2, 0) is 9.59 Å². The molecule has 0 fully saturated rings. The lowest BCUT2D eigenvalue weighted by Gasteiger charge is -2.35. The largest absolute Gasteiger partial charge is 0.391 e. The van der Waals surface area contributed by atoms with E-state index in [0.717, 1.165) is 0 Å². The predicted octanol–water partition coefficient (Wildman–Crippen LogP) is 1.35. The third-order valence-electron chi connectivity index (χ3n) is 2.94. The number of rotatable bonds is 2. The minimum atomic E-state index is -0.912. The first-order valence-electron chi connectivity index (χ1n) is 5.22. The molecule has 1 aliphatic rings. The molecule has 84 valence electrons. The summed E-state index contributed by atoms with van der Waals surface area (Å²) < 4.78 is 0. The summed E-state index contributed by atoms with van der Waals surface area (Å²) in [6.45, 7) is 7.13. The third kappa shape index (κ3) is 2.17. The van der Waals surface area contributed by atoms with Crippen molar-refractivity contribution in [1.82, 2.24) is 0 Å². The van der Waals surface area contributed by atoms with Gasteiger partial charge in [0.05, 0.1) is 6.10 Å². The number of ketones is 2. The summed E-state index contributed by atoms with van der Waals surface area (Å²) in [5, 5.41) is 9.99. The molecular weight excluding hydrogens is 192 g/mol. The van der Waals surface area contributed by atoms with E-state index in [4.69, 9.17) is 0 Å². The Morgan fingerprint density at radius 3 is 2.47 bits per heavy atom. The van der Waals surface area contributed by atoms with Crippen LogP contribution in [0, 0.1) is 17.3 Å². The molecule has 0 aromatic carbocycles. The maximum atomic E-state index is 11.8. The zero-order valence-electron chi connectivity index (χ0n) is 9.65. The molecule has 1 aliphatic carbocycles. The van der Waals surface area contributed by atoms with Crippen LogP contribution >= 0.6 is 0 Å². The summed E-state index contributed by atoms with van der Waals surface area (Å²) in [5.41, 5.74) is -0.511. The fourth-order valence-electron chi connectivity index (χ4n) is 1.74. The Morgan fingerprint density at radius 1 is 1.47 bits per heavy atom. The Bertz CT molecular complexity index is 313. The predicted molar refractivity (Wildman–Crippen MR) is 57.3 cm³/mol. The van der Waals surface area contributed by atoms with Crippen LogP contribution < -0.4 is 0 Å². The van der Waals surface area contributed by atoms with Gasteiger partial charge in [-0.05, 0) is 6.08 Å². The molecule has 0 saturated carbocycles. The maximum Gasteiger partial charge on any atom is 0.168 e. The SMILES string of the molecule is CC(C)C(=O)C1C(=O)C=CC(C)(C)C1O. The topological polar surface area (TPSA) is 54.4 Å². The standard InChI is InChI=1S/C12H18O3/c1-7(2)10(14)9-8(13)5-6-12(3,4)11(9)15/h5-7,9,11,15H,1-4H3. The molecule has 2 unspecified atom stereocenters. The lowest BCUT2D eigenvalue weighted by Crippen LogP contribution is -2.46. The Labute approximate surface area is 90.2 Å². The zero-order valence-corrected chi connectivity index (χ0v) is 9.65. The van der Waals surface area contributed by atoms with E-state index in [-0.39, 0.29) is 17.5 Å². The molecule has 15 heavy (non-hydrogen) atoms. The third-order valence-corrected chi connectivity index (χ3v) is 2.94. The van der Waals surface area contributed by atoms with Crippen molar-refractivity contribution in [2.24, 2.45) is 17.3 Å². The molecule has 0 aliphatic heterocycles. The Balaban J connectivity index is 3.04. The molecule has 0 spiro atoms. The number of carbonyl (C=O) groups excluding carboxylic acids is 2. The first-order chi connectivity index (χ1) is 6.77. The fraction of sp³-hybridized carbons (Fsp3) is 0.667. The highest BCUT2D eigenvalue weighted by Gasteiger charge is 2.43. The quantitative estimate of drug-likeness (QED) is 0.700. The van der Waals surface area contributed by atoms with Crippen LogP contribution in [0.25, 0.3) is 0 Å². The van der Waals surface area contributed by atoms with Gasteiger partial charge in [-0.2, -0.15) is 0 Å². The lowest BCUT2D eigenvalue weighted by atomic mass is 9.70. The Kier molecular flexibility index (Phi) is 3.14. The second-order valence-corrected chi connectivity index (χ2v) is 5.04. The highest BCUT2D eigenvalue weighted by atomic mass is 16.3. The van der Waals surface area contributed by atoms with Crippen molar-refractivity contribution < 1.29 is 14.7 Å². The zero-order chi connectivity index (χ0) is 11.8. The van der Waals surface area contributed by atoms with E-state index in [1.807, 2.05) is 13.8 Å². The number of hydrogen-bond acceptors (Lipinski definition) is 3. The van der Waals surface area contributed by atoms with Gasteiger partial charge in [0.25, 0.3) is 0 Å². The van der Waals surface area contributed by atoms with Crippen LogP contribution in [0.4, 0.5) is 0 Å². The normalized spacial score (nSPS) is 29.6. The molecule has 3 nitrogen and oxygen atoms in total. The van der Waals surface area contributed by atoms with Crippen molar-refractivity contribution in [3.63, 3.8) is 0 Å². The molecule has 0 heterocycles. The average Bonchev–Trinajstić information content (AvgIpc) is 2.12. The minimum Gasteiger partial charge on any atom is -0.391 e. The number of hydrogen-bond donors (Lipinski definition) is 1. The summed E-state index contributed by atoms with van der Waals surface area (Å²) in [6.07, 6.45) is 2.17. The average molecular weight is 210 g/mol. The van der Waals surface area contributed by atoms with Crippen LogP contribution in [0.2, 0.25) is 0 Å². The molecular formula is C12H18O3. The second kappa shape index (κ2) is 3.89. The van der Waals surface area contributed by atoms with E-state index in [9.17, 15) is 14.7 Å². The van der Waals surface area contributed by atoms with E-state index in [2.05, 4.69) is 0 Å². The van der Waals surface area contributed by atoms with Gasteiger partial charge in [-0.1, -0.05) is 33.8 Å².